The fourth-order valence-corrected chi connectivity index (χ4v) is 0.784. The number of nitrogens with zero attached hydrogens (tertiary/aromatic N) is 1. The second-order valence-corrected chi connectivity index (χ2v) is 2.63. The van der Waals surface area contributed by atoms with Gasteiger partial charge in [-0.3, -0.25) is 0 Å². The van der Waals surface area contributed by atoms with Gasteiger partial charge in [0, 0.05) is 5.92 Å². The molecular weight excluding hydrogens is 148 g/mol. The number of nitrogens with one attached hydrogen (secondary N) is 1. The first-order valence-corrected chi connectivity index (χ1v) is 3.70. The van der Waals surface area contributed by atoms with Gasteiger partial charge in [-0.15, -0.1) is 0 Å². The molecule has 3 nitrogen and oxygen atoms in total. The predicted molar refractivity (Wildman–Crippen MR) is 40.4 cm³/mol. The van der Waals surface area contributed by atoms with Crippen molar-refractivity contribution in [3.05, 3.63) is 10.7 Å². The van der Waals surface area contributed by atoms with Crippen LogP contribution >= 0.6 is 12.2 Å². The molecule has 0 spiro atoms. The Hall–Kier alpha value is -0.640. The molecule has 4 heteroatoms. The van der Waals surface area contributed by atoms with E-state index in [9.17, 15) is 0 Å². The molecule has 10 heavy (non-hydrogen) atoms. The van der Waals surface area contributed by atoms with Gasteiger partial charge in [0.05, 0.1) is 0 Å². The maximum atomic E-state index is 4.77. The van der Waals surface area contributed by atoms with E-state index in [1.165, 1.54) is 0 Å². The molecule has 0 aliphatic heterocycles. The van der Waals surface area contributed by atoms with Crippen molar-refractivity contribution in [3.8, 4) is 0 Å². The van der Waals surface area contributed by atoms with Crippen LogP contribution < -0.4 is 0 Å². The van der Waals surface area contributed by atoms with Gasteiger partial charge in [0.1, 0.15) is 5.82 Å². The fraction of sp³-hybridized carbons (Fsp3) is 0.667. The van der Waals surface area contributed by atoms with Crippen LogP contribution in [0.15, 0.2) is 4.52 Å². The highest BCUT2D eigenvalue weighted by atomic mass is 32.1. The molecule has 1 aromatic rings. The number of hydrogen-bond acceptors (Lipinski definition) is 3. The van der Waals surface area contributed by atoms with E-state index in [4.69, 9.17) is 16.7 Å². The highest BCUT2D eigenvalue weighted by molar-refractivity contribution is 7.71. The first kappa shape index (κ1) is 7.47. The Morgan fingerprint density at radius 2 is 2.50 bits per heavy atom. The fourth-order valence-electron chi connectivity index (χ4n) is 0.644. The van der Waals surface area contributed by atoms with Gasteiger partial charge in [0.15, 0.2) is 0 Å². The lowest BCUT2D eigenvalue weighted by Gasteiger charge is -1.99. The first-order chi connectivity index (χ1) is 4.74. The van der Waals surface area contributed by atoms with Crippen LogP contribution in [-0.2, 0) is 0 Å². The maximum Gasteiger partial charge on any atom is 0.314 e. The molecule has 0 fully saturated rings. The molecule has 0 aliphatic carbocycles. The Balaban J connectivity index is 2.84. The van der Waals surface area contributed by atoms with E-state index in [-0.39, 0.29) is 4.84 Å². The van der Waals surface area contributed by atoms with Crippen LogP contribution in [0.25, 0.3) is 0 Å². The maximum absolute atomic E-state index is 4.77. The molecule has 0 saturated carbocycles. The second-order valence-electron chi connectivity index (χ2n) is 2.28. The Kier molecular flexibility index (Phi) is 2.21. The summed E-state index contributed by atoms with van der Waals surface area (Å²) in [6.45, 7) is 4.17. The van der Waals surface area contributed by atoms with E-state index in [0.717, 1.165) is 12.2 Å². The third kappa shape index (κ3) is 1.44. The van der Waals surface area contributed by atoms with Gasteiger partial charge < -0.3 is 4.52 Å². The van der Waals surface area contributed by atoms with Crippen molar-refractivity contribution in [2.24, 2.45) is 0 Å². The summed E-state index contributed by atoms with van der Waals surface area (Å²) in [6, 6.07) is 0. The lowest BCUT2D eigenvalue weighted by molar-refractivity contribution is 0.394. The lowest BCUT2D eigenvalue weighted by Crippen LogP contribution is -1.92. The van der Waals surface area contributed by atoms with Crippen LogP contribution in [-0.4, -0.2) is 10.1 Å². The van der Waals surface area contributed by atoms with Gasteiger partial charge in [-0.25, -0.2) is 5.16 Å². The van der Waals surface area contributed by atoms with Crippen molar-refractivity contribution in [1.29, 1.82) is 0 Å². The molecule has 0 radical (unpaired) electrons. The second kappa shape index (κ2) is 2.96. The van der Waals surface area contributed by atoms with Crippen molar-refractivity contribution in [3.63, 3.8) is 0 Å². The van der Waals surface area contributed by atoms with E-state index in [1.807, 2.05) is 0 Å². The number of hydrogen-bond donors (Lipinski definition) is 1. The van der Waals surface area contributed by atoms with Crippen molar-refractivity contribution in [2.45, 2.75) is 26.2 Å². The van der Waals surface area contributed by atoms with Crippen LogP contribution in [0.5, 0.6) is 0 Å². The van der Waals surface area contributed by atoms with E-state index in [1.54, 1.807) is 0 Å². The number of rotatable bonds is 2. The minimum absolute atomic E-state index is 0.287. The van der Waals surface area contributed by atoms with Gasteiger partial charge in [-0.05, 0) is 18.6 Å². The SMILES string of the molecule is CCC(C)c1nc(=S)o[nH]1. The Morgan fingerprint density at radius 1 is 1.80 bits per heavy atom. The molecule has 0 bridgehead atoms. The van der Waals surface area contributed by atoms with Crippen LogP contribution in [0.4, 0.5) is 0 Å². The van der Waals surface area contributed by atoms with Gasteiger partial charge in [-0.2, -0.15) is 4.98 Å². The average Bonchev–Trinajstić information content (AvgIpc) is 2.34. The third-order valence-electron chi connectivity index (χ3n) is 1.53. The summed E-state index contributed by atoms with van der Waals surface area (Å²) in [5.74, 6) is 1.24. The zero-order valence-electron chi connectivity index (χ0n) is 6.05. The van der Waals surface area contributed by atoms with E-state index in [0.29, 0.717) is 5.92 Å². The standard InChI is InChI=1S/C6H10N2OS/c1-3-4(2)5-7-6(10)9-8-5/h4H,3H2,1-2H3,(H,7,8,10). The Bertz CT molecular complexity index is 252. The largest absolute Gasteiger partial charge is 0.348 e. The van der Waals surface area contributed by atoms with E-state index < -0.39 is 0 Å². The lowest BCUT2D eigenvalue weighted by atomic mass is 10.1. The van der Waals surface area contributed by atoms with Gasteiger partial charge in [0.2, 0.25) is 0 Å². The number of H-pyrrole nitrogens is 1. The van der Waals surface area contributed by atoms with E-state index >= 15 is 0 Å². The van der Waals surface area contributed by atoms with Crippen molar-refractivity contribution < 1.29 is 4.52 Å². The molecule has 1 rings (SSSR count). The van der Waals surface area contributed by atoms with Crippen molar-refractivity contribution in [2.75, 3.05) is 0 Å². The first-order valence-electron chi connectivity index (χ1n) is 3.29. The smallest absolute Gasteiger partial charge is 0.314 e. The van der Waals surface area contributed by atoms with Crippen LogP contribution in [0.3, 0.4) is 0 Å². The van der Waals surface area contributed by atoms with Crippen LogP contribution in [0.1, 0.15) is 32.0 Å². The molecule has 0 amide bonds. The minimum Gasteiger partial charge on any atom is -0.348 e. The van der Waals surface area contributed by atoms with Crippen molar-refractivity contribution >= 4 is 12.2 Å². The highest BCUT2D eigenvalue weighted by Crippen LogP contribution is 2.12. The van der Waals surface area contributed by atoms with Gasteiger partial charge in [-0.1, -0.05) is 13.8 Å². The molecule has 1 aromatic heterocycles. The summed E-state index contributed by atoms with van der Waals surface area (Å²) in [4.78, 5) is 4.26. The zero-order chi connectivity index (χ0) is 7.56. The summed E-state index contributed by atoms with van der Waals surface area (Å²) in [5, 5.41) is 2.67. The molecule has 0 aromatic carbocycles. The predicted octanol–water partition coefficient (Wildman–Crippen LogP) is 2.25. The monoisotopic (exact) mass is 158 g/mol. The molecule has 1 atom stereocenters. The summed E-state index contributed by atoms with van der Waals surface area (Å²) >= 11 is 4.69. The summed E-state index contributed by atoms with van der Waals surface area (Å²) in [5.41, 5.74) is 0. The zero-order valence-corrected chi connectivity index (χ0v) is 6.86. The Morgan fingerprint density at radius 3 is 2.90 bits per heavy atom. The third-order valence-corrected chi connectivity index (χ3v) is 1.71. The van der Waals surface area contributed by atoms with Gasteiger partial charge >= 0.3 is 4.84 Å². The highest BCUT2D eigenvalue weighted by Gasteiger charge is 2.05. The van der Waals surface area contributed by atoms with Crippen LogP contribution in [0.2, 0.25) is 0 Å². The average molecular weight is 158 g/mol. The minimum atomic E-state index is 0.287. The normalized spacial score (nSPS) is 13.4. The molecule has 1 N–H and O–H groups in total. The summed E-state index contributed by atoms with van der Waals surface area (Å²) in [7, 11) is 0. The molecule has 1 heterocycles. The Labute approximate surface area is 64.4 Å². The van der Waals surface area contributed by atoms with Crippen molar-refractivity contribution in [1.82, 2.24) is 10.1 Å². The molecular formula is C6H10N2OS. The molecule has 0 saturated heterocycles. The summed E-state index contributed by atoms with van der Waals surface area (Å²) in [6.07, 6.45) is 1.04. The molecule has 1 unspecified atom stereocenters. The van der Waals surface area contributed by atoms with Gasteiger partial charge in [0.25, 0.3) is 0 Å². The topological polar surface area (TPSA) is 41.8 Å². The van der Waals surface area contributed by atoms with E-state index in [2.05, 4.69) is 24.0 Å². The number of aromatic nitrogens is 2. The molecule has 56 valence electrons. The quantitative estimate of drug-likeness (QED) is 0.671. The summed E-state index contributed by atoms with van der Waals surface area (Å²) < 4.78 is 4.77. The molecule has 0 aliphatic rings. The number of aromatic amines is 1. The van der Waals surface area contributed by atoms with Crippen LogP contribution in [0, 0.1) is 4.84 Å².